The van der Waals surface area contributed by atoms with Gasteiger partial charge in [-0.3, -0.25) is 4.79 Å². The predicted molar refractivity (Wildman–Crippen MR) is 94.5 cm³/mol. The SMILES string of the molecule is Cc1ccccc1CN(C)S(=O)(=O)C1C=C(C(N)=O)C=CC1Br. The van der Waals surface area contributed by atoms with E-state index in [1.165, 1.54) is 23.5 Å². The number of alkyl halides is 1. The topological polar surface area (TPSA) is 80.5 Å². The lowest BCUT2D eigenvalue weighted by Crippen LogP contribution is -2.40. The highest BCUT2D eigenvalue weighted by Crippen LogP contribution is 2.26. The number of nitrogens with two attached hydrogens (primary N) is 1. The molecule has 0 aromatic heterocycles. The second kappa shape index (κ2) is 6.98. The van der Waals surface area contributed by atoms with Crippen molar-refractivity contribution in [3.63, 3.8) is 0 Å². The first-order valence-electron chi connectivity index (χ1n) is 7.07. The van der Waals surface area contributed by atoms with Crippen molar-refractivity contribution in [3.05, 3.63) is 59.2 Å². The number of allylic oxidation sites excluding steroid dienone is 1. The molecule has 0 saturated heterocycles. The standard InChI is InChI=1S/C16H19BrN2O3S/c1-11-5-3-4-6-13(11)10-19(2)23(21,22)15-9-12(16(18)20)7-8-14(15)17/h3-9,14-15H,10H2,1-2H3,(H2,18,20). The van der Waals surface area contributed by atoms with Crippen LogP contribution in [0.2, 0.25) is 0 Å². The third-order valence-corrected chi connectivity index (χ3v) is 7.17. The summed E-state index contributed by atoms with van der Waals surface area (Å²) in [6.45, 7) is 2.21. The normalized spacial score (nSPS) is 21.3. The lowest BCUT2D eigenvalue weighted by Gasteiger charge is -2.27. The van der Waals surface area contributed by atoms with Crippen LogP contribution in [0.1, 0.15) is 11.1 Å². The average Bonchev–Trinajstić information content (AvgIpc) is 2.49. The molecule has 1 aliphatic rings. The van der Waals surface area contributed by atoms with Gasteiger partial charge in [0.2, 0.25) is 15.9 Å². The van der Waals surface area contributed by atoms with E-state index in [4.69, 9.17) is 5.73 Å². The Labute approximate surface area is 145 Å². The number of carbonyl (C=O) groups excluding carboxylic acids is 1. The molecule has 0 aliphatic heterocycles. The molecule has 2 unspecified atom stereocenters. The van der Waals surface area contributed by atoms with Crippen LogP contribution in [-0.4, -0.2) is 35.8 Å². The summed E-state index contributed by atoms with van der Waals surface area (Å²) in [6, 6.07) is 7.64. The summed E-state index contributed by atoms with van der Waals surface area (Å²) in [6.07, 6.45) is 4.57. The summed E-state index contributed by atoms with van der Waals surface area (Å²) in [4.78, 5) is 10.9. The Morgan fingerprint density at radius 3 is 2.61 bits per heavy atom. The van der Waals surface area contributed by atoms with E-state index >= 15 is 0 Å². The van der Waals surface area contributed by atoms with Gasteiger partial charge in [-0.1, -0.05) is 58.4 Å². The van der Waals surface area contributed by atoms with Crippen molar-refractivity contribution in [2.75, 3.05) is 7.05 Å². The van der Waals surface area contributed by atoms with Crippen LogP contribution < -0.4 is 5.73 Å². The highest BCUT2D eigenvalue weighted by Gasteiger charge is 2.35. The number of benzene rings is 1. The van der Waals surface area contributed by atoms with Crippen LogP contribution in [0.25, 0.3) is 0 Å². The van der Waals surface area contributed by atoms with Gasteiger partial charge >= 0.3 is 0 Å². The zero-order chi connectivity index (χ0) is 17.2. The number of hydrogen-bond acceptors (Lipinski definition) is 3. The molecule has 2 atom stereocenters. The highest BCUT2D eigenvalue weighted by molar-refractivity contribution is 9.09. The first-order valence-corrected chi connectivity index (χ1v) is 9.49. The number of nitrogens with zero attached hydrogens (tertiary/aromatic N) is 1. The first-order chi connectivity index (χ1) is 10.7. The molecule has 5 nitrogen and oxygen atoms in total. The number of aryl methyl sites for hydroxylation is 1. The molecule has 1 aromatic rings. The number of carbonyl (C=O) groups is 1. The van der Waals surface area contributed by atoms with Gasteiger partial charge in [0.1, 0.15) is 5.25 Å². The van der Waals surface area contributed by atoms with E-state index < -0.39 is 26.0 Å². The van der Waals surface area contributed by atoms with Crippen molar-refractivity contribution < 1.29 is 13.2 Å². The van der Waals surface area contributed by atoms with E-state index in [0.29, 0.717) is 0 Å². The third-order valence-electron chi connectivity index (χ3n) is 3.83. The lowest BCUT2D eigenvalue weighted by atomic mass is 10.1. The molecule has 2 rings (SSSR count). The minimum absolute atomic E-state index is 0.207. The molecule has 0 bridgehead atoms. The molecule has 2 N–H and O–H groups in total. The Balaban J connectivity index is 2.28. The molecule has 0 spiro atoms. The number of sulfonamides is 1. The molecule has 1 aliphatic carbocycles. The molecule has 0 radical (unpaired) electrons. The van der Waals surface area contributed by atoms with E-state index in [9.17, 15) is 13.2 Å². The van der Waals surface area contributed by atoms with Gasteiger partial charge in [-0.2, -0.15) is 0 Å². The summed E-state index contributed by atoms with van der Waals surface area (Å²) in [7, 11) is -2.10. The Morgan fingerprint density at radius 2 is 2.00 bits per heavy atom. The zero-order valence-electron chi connectivity index (χ0n) is 12.9. The van der Waals surface area contributed by atoms with Crippen LogP contribution >= 0.6 is 15.9 Å². The second-order valence-electron chi connectivity index (χ2n) is 5.48. The molecule has 124 valence electrons. The van der Waals surface area contributed by atoms with Crippen molar-refractivity contribution in [1.82, 2.24) is 4.31 Å². The minimum Gasteiger partial charge on any atom is -0.366 e. The van der Waals surface area contributed by atoms with Crippen molar-refractivity contribution in [2.24, 2.45) is 5.73 Å². The van der Waals surface area contributed by atoms with Crippen LogP contribution in [0.5, 0.6) is 0 Å². The predicted octanol–water partition coefficient (Wildman–Crippen LogP) is 1.87. The van der Waals surface area contributed by atoms with E-state index in [-0.39, 0.29) is 12.1 Å². The maximum absolute atomic E-state index is 12.8. The molecule has 23 heavy (non-hydrogen) atoms. The van der Waals surface area contributed by atoms with Crippen LogP contribution in [0.15, 0.2) is 48.1 Å². The summed E-state index contributed by atoms with van der Waals surface area (Å²) >= 11 is 3.35. The van der Waals surface area contributed by atoms with Crippen molar-refractivity contribution in [2.45, 2.75) is 23.5 Å². The van der Waals surface area contributed by atoms with E-state index in [2.05, 4.69) is 15.9 Å². The zero-order valence-corrected chi connectivity index (χ0v) is 15.3. The van der Waals surface area contributed by atoms with Gasteiger partial charge in [0.05, 0.1) is 4.83 Å². The maximum atomic E-state index is 12.8. The lowest BCUT2D eigenvalue weighted by molar-refractivity contribution is -0.114. The maximum Gasteiger partial charge on any atom is 0.248 e. The van der Waals surface area contributed by atoms with Crippen molar-refractivity contribution >= 4 is 31.9 Å². The summed E-state index contributed by atoms with van der Waals surface area (Å²) in [5.41, 5.74) is 7.43. The minimum atomic E-state index is -3.64. The summed E-state index contributed by atoms with van der Waals surface area (Å²) < 4.78 is 27.0. The van der Waals surface area contributed by atoms with Crippen molar-refractivity contribution in [3.8, 4) is 0 Å². The van der Waals surface area contributed by atoms with Gasteiger partial charge < -0.3 is 5.73 Å². The number of halogens is 1. The van der Waals surface area contributed by atoms with Crippen LogP contribution in [0.3, 0.4) is 0 Å². The van der Waals surface area contributed by atoms with Crippen LogP contribution in [0, 0.1) is 6.92 Å². The van der Waals surface area contributed by atoms with Crippen LogP contribution in [-0.2, 0) is 21.4 Å². The average molecular weight is 399 g/mol. The molecule has 0 fully saturated rings. The van der Waals surface area contributed by atoms with E-state index in [0.717, 1.165) is 11.1 Å². The molecule has 1 aromatic carbocycles. The molecule has 7 heteroatoms. The van der Waals surface area contributed by atoms with E-state index in [1.54, 1.807) is 6.08 Å². The monoisotopic (exact) mass is 398 g/mol. The van der Waals surface area contributed by atoms with Gasteiger partial charge in [0.25, 0.3) is 0 Å². The molecule has 1 amide bonds. The van der Waals surface area contributed by atoms with Gasteiger partial charge in [-0.15, -0.1) is 0 Å². The summed E-state index contributed by atoms with van der Waals surface area (Å²) in [5, 5.41) is -0.871. The second-order valence-corrected chi connectivity index (χ2v) is 8.74. The fourth-order valence-electron chi connectivity index (χ4n) is 2.37. The number of hydrogen-bond donors (Lipinski definition) is 1. The molecular formula is C16H19BrN2O3S. The fraction of sp³-hybridized carbons (Fsp3) is 0.312. The van der Waals surface area contributed by atoms with Gasteiger partial charge in [-0.05, 0) is 18.1 Å². The Kier molecular flexibility index (Phi) is 5.44. The van der Waals surface area contributed by atoms with Gasteiger partial charge in [0.15, 0.2) is 0 Å². The number of rotatable bonds is 5. The Morgan fingerprint density at radius 1 is 1.35 bits per heavy atom. The van der Waals surface area contributed by atoms with Crippen LogP contribution in [0.4, 0.5) is 0 Å². The third kappa shape index (κ3) is 3.91. The van der Waals surface area contributed by atoms with Gasteiger partial charge in [0, 0.05) is 19.2 Å². The Bertz CT molecular complexity index is 771. The van der Waals surface area contributed by atoms with E-state index in [1.807, 2.05) is 31.2 Å². The largest absolute Gasteiger partial charge is 0.366 e. The summed E-state index contributed by atoms with van der Waals surface area (Å²) in [5.74, 6) is -0.637. The smallest absolute Gasteiger partial charge is 0.248 e. The molecule has 0 saturated carbocycles. The number of primary amides is 1. The Hall–Kier alpha value is -1.44. The quantitative estimate of drug-likeness (QED) is 0.768. The fourth-order valence-corrected chi connectivity index (χ4v) is 4.97. The molecule has 0 heterocycles. The molecular weight excluding hydrogens is 380 g/mol. The van der Waals surface area contributed by atoms with Gasteiger partial charge in [-0.25, -0.2) is 12.7 Å². The van der Waals surface area contributed by atoms with Crippen molar-refractivity contribution in [1.29, 1.82) is 0 Å². The first kappa shape index (κ1) is 17.9. The highest BCUT2D eigenvalue weighted by atomic mass is 79.9. The number of amides is 1.